The predicted octanol–water partition coefficient (Wildman–Crippen LogP) is 3.54. The normalized spacial score (nSPS) is 16.8. The van der Waals surface area contributed by atoms with Crippen molar-refractivity contribution in [1.29, 1.82) is 0 Å². The Labute approximate surface area is 118 Å². The van der Waals surface area contributed by atoms with Crippen molar-refractivity contribution < 1.29 is 18.3 Å². The van der Waals surface area contributed by atoms with Gasteiger partial charge in [-0.3, -0.25) is 0 Å². The highest BCUT2D eigenvalue weighted by Crippen LogP contribution is 2.45. The molecule has 1 aliphatic rings. The Balaban J connectivity index is 0.00000133. The van der Waals surface area contributed by atoms with Gasteiger partial charge in [-0.05, 0) is 17.5 Å². The zero-order valence-electron chi connectivity index (χ0n) is 9.51. The van der Waals surface area contributed by atoms with E-state index in [1.807, 2.05) is 17.5 Å². The zero-order valence-corrected chi connectivity index (χ0v) is 11.1. The first-order chi connectivity index (χ1) is 8.57. The second-order valence-corrected chi connectivity index (χ2v) is 4.81. The van der Waals surface area contributed by atoms with E-state index in [1.165, 1.54) is 17.4 Å². The molecule has 0 saturated heterocycles. The number of hydrogen-bond donors (Lipinski definition) is 1. The average Bonchev–Trinajstić information content (AvgIpc) is 2.91. The molecular formula is C12H10ClF2NO2S. The van der Waals surface area contributed by atoms with Gasteiger partial charge in [-0.2, -0.15) is 0 Å². The molecule has 0 fully saturated rings. The molecule has 1 aromatic carbocycles. The molecule has 2 N–H and O–H groups in total. The highest BCUT2D eigenvalue weighted by molar-refractivity contribution is 7.10. The van der Waals surface area contributed by atoms with Crippen LogP contribution in [0.3, 0.4) is 0 Å². The van der Waals surface area contributed by atoms with Gasteiger partial charge in [-0.1, -0.05) is 18.2 Å². The lowest BCUT2D eigenvalue weighted by Crippen LogP contribution is -2.26. The summed E-state index contributed by atoms with van der Waals surface area (Å²) in [5.41, 5.74) is 6.55. The third kappa shape index (κ3) is 2.51. The molecule has 0 unspecified atom stereocenters. The third-order valence-corrected chi connectivity index (χ3v) is 3.60. The van der Waals surface area contributed by atoms with Crippen LogP contribution >= 0.6 is 23.7 Å². The number of nitrogens with two attached hydrogens (primary N) is 1. The van der Waals surface area contributed by atoms with Crippen LogP contribution in [0.2, 0.25) is 0 Å². The molecule has 2 aromatic rings. The van der Waals surface area contributed by atoms with Gasteiger partial charge in [-0.15, -0.1) is 32.5 Å². The van der Waals surface area contributed by atoms with Crippen LogP contribution < -0.4 is 15.2 Å². The molecule has 7 heteroatoms. The van der Waals surface area contributed by atoms with Gasteiger partial charge in [-0.25, -0.2) is 0 Å². The molecule has 0 bridgehead atoms. The van der Waals surface area contributed by atoms with Gasteiger partial charge in [0, 0.05) is 10.4 Å². The highest BCUT2D eigenvalue weighted by atomic mass is 35.5. The second-order valence-electron chi connectivity index (χ2n) is 3.84. The minimum Gasteiger partial charge on any atom is -0.395 e. The number of benzene rings is 1. The lowest BCUT2D eigenvalue weighted by molar-refractivity contribution is -0.286. The number of fused-ring (bicyclic) bond motifs is 1. The number of para-hydroxylation sites is 1. The first-order valence-electron chi connectivity index (χ1n) is 5.24. The number of halogens is 3. The van der Waals surface area contributed by atoms with E-state index >= 15 is 0 Å². The Hall–Kier alpha value is -1.37. The molecule has 0 amide bonds. The van der Waals surface area contributed by atoms with Crippen molar-refractivity contribution in [2.24, 2.45) is 5.73 Å². The zero-order chi connectivity index (χ0) is 12.8. The second kappa shape index (κ2) is 4.96. The molecule has 1 aromatic heterocycles. The molecule has 0 spiro atoms. The van der Waals surface area contributed by atoms with E-state index < -0.39 is 12.3 Å². The van der Waals surface area contributed by atoms with Crippen LogP contribution in [-0.4, -0.2) is 6.29 Å². The molecule has 0 radical (unpaired) electrons. The van der Waals surface area contributed by atoms with Crippen LogP contribution in [0.1, 0.15) is 16.5 Å². The molecule has 1 aliphatic heterocycles. The number of alkyl halides is 2. The maximum Gasteiger partial charge on any atom is 0.586 e. The molecule has 2 heterocycles. The van der Waals surface area contributed by atoms with Crippen molar-refractivity contribution in [3.63, 3.8) is 0 Å². The summed E-state index contributed by atoms with van der Waals surface area (Å²) in [6, 6.07) is 7.91. The van der Waals surface area contributed by atoms with Crippen LogP contribution in [0.4, 0.5) is 8.78 Å². The molecule has 102 valence electrons. The van der Waals surface area contributed by atoms with Gasteiger partial charge < -0.3 is 15.2 Å². The summed E-state index contributed by atoms with van der Waals surface area (Å²) in [6.07, 6.45) is -3.62. The van der Waals surface area contributed by atoms with E-state index in [-0.39, 0.29) is 23.9 Å². The van der Waals surface area contributed by atoms with Gasteiger partial charge >= 0.3 is 6.29 Å². The number of hydrogen-bond acceptors (Lipinski definition) is 4. The Morgan fingerprint density at radius 2 is 1.95 bits per heavy atom. The van der Waals surface area contributed by atoms with Gasteiger partial charge in [0.05, 0.1) is 6.04 Å². The molecular weight excluding hydrogens is 296 g/mol. The lowest BCUT2D eigenvalue weighted by atomic mass is 10.0. The summed E-state index contributed by atoms with van der Waals surface area (Å²) >= 11 is 1.46. The minimum absolute atomic E-state index is 0. The fourth-order valence-electron chi connectivity index (χ4n) is 1.86. The number of thiophene rings is 1. The van der Waals surface area contributed by atoms with Crippen molar-refractivity contribution in [3.05, 3.63) is 46.2 Å². The quantitative estimate of drug-likeness (QED) is 0.923. The smallest absolute Gasteiger partial charge is 0.395 e. The summed E-state index contributed by atoms with van der Waals surface area (Å²) in [5.74, 6) is 0.0351. The van der Waals surface area contributed by atoms with Gasteiger partial charge in [0.2, 0.25) is 0 Å². The summed E-state index contributed by atoms with van der Waals surface area (Å²) in [6.45, 7) is 0. The topological polar surface area (TPSA) is 44.5 Å². The fourth-order valence-corrected chi connectivity index (χ4v) is 2.60. The summed E-state index contributed by atoms with van der Waals surface area (Å²) < 4.78 is 35.0. The van der Waals surface area contributed by atoms with Gasteiger partial charge in [0.1, 0.15) is 0 Å². The van der Waals surface area contributed by atoms with Crippen LogP contribution in [0, 0.1) is 0 Å². The van der Waals surface area contributed by atoms with Crippen molar-refractivity contribution in [3.8, 4) is 11.5 Å². The van der Waals surface area contributed by atoms with Gasteiger partial charge in [0.25, 0.3) is 0 Å². The lowest BCUT2D eigenvalue weighted by Gasteiger charge is -2.12. The first-order valence-corrected chi connectivity index (χ1v) is 6.12. The van der Waals surface area contributed by atoms with E-state index in [1.54, 1.807) is 12.1 Å². The summed E-state index contributed by atoms with van der Waals surface area (Å²) in [7, 11) is 0. The van der Waals surface area contributed by atoms with Crippen LogP contribution in [-0.2, 0) is 0 Å². The van der Waals surface area contributed by atoms with Crippen LogP contribution in [0.25, 0.3) is 0 Å². The van der Waals surface area contributed by atoms with E-state index in [4.69, 9.17) is 5.73 Å². The highest BCUT2D eigenvalue weighted by Gasteiger charge is 2.45. The third-order valence-electron chi connectivity index (χ3n) is 2.64. The van der Waals surface area contributed by atoms with Crippen molar-refractivity contribution >= 4 is 23.7 Å². The van der Waals surface area contributed by atoms with Crippen LogP contribution in [0.5, 0.6) is 11.5 Å². The Morgan fingerprint density at radius 1 is 1.16 bits per heavy atom. The average molecular weight is 306 g/mol. The SMILES string of the molecule is Cl.N[C@H](c1cccs1)c1cccc2c1OC(F)(F)O2. The summed E-state index contributed by atoms with van der Waals surface area (Å²) in [4.78, 5) is 0.877. The van der Waals surface area contributed by atoms with E-state index in [9.17, 15) is 8.78 Å². The molecule has 3 rings (SSSR count). The van der Waals surface area contributed by atoms with Crippen molar-refractivity contribution in [1.82, 2.24) is 0 Å². The standard InChI is InChI=1S/C12H9F2NO2S.ClH/c13-12(14)16-8-4-1-3-7(11(8)17-12)10(15)9-5-2-6-18-9;/h1-6,10H,15H2;1H/t10-;/m0./s1. The predicted molar refractivity (Wildman–Crippen MR) is 70.2 cm³/mol. The molecule has 1 atom stereocenters. The maximum atomic E-state index is 13.0. The summed E-state index contributed by atoms with van der Waals surface area (Å²) in [5, 5.41) is 1.88. The molecule has 0 aliphatic carbocycles. The largest absolute Gasteiger partial charge is 0.586 e. The first kappa shape index (κ1) is 14.0. The Morgan fingerprint density at radius 3 is 2.63 bits per heavy atom. The van der Waals surface area contributed by atoms with Crippen LogP contribution in [0.15, 0.2) is 35.7 Å². The molecule has 0 saturated carbocycles. The minimum atomic E-state index is -3.62. The van der Waals surface area contributed by atoms with E-state index in [0.29, 0.717) is 5.56 Å². The monoisotopic (exact) mass is 305 g/mol. The van der Waals surface area contributed by atoms with Crippen molar-refractivity contribution in [2.75, 3.05) is 0 Å². The number of ether oxygens (including phenoxy) is 2. The maximum absolute atomic E-state index is 13.0. The molecule has 19 heavy (non-hydrogen) atoms. The van der Waals surface area contributed by atoms with Gasteiger partial charge in [0.15, 0.2) is 11.5 Å². The van der Waals surface area contributed by atoms with E-state index in [0.717, 1.165) is 4.88 Å². The Bertz CT molecular complexity index is 577. The molecule has 3 nitrogen and oxygen atoms in total. The fraction of sp³-hybridized carbons (Fsp3) is 0.167. The number of rotatable bonds is 2. The van der Waals surface area contributed by atoms with E-state index in [2.05, 4.69) is 9.47 Å². The van der Waals surface area contributed by atoms with Crippen molar-refractivity contribution in [2.45, 2.75) is 12.3 Å². The Kier molecular flexibility index (Phi) is 3.66.